The highest BCUT2D eigenvalue weighted by atomic mass is 79.9. The zero-order valence-corrected chi connectivity index (χ0v) is 13.2. The van der Waals surface area contributed by atoms with Crippen molar-refractivity contribution in [3.63, 3.8) is 0 Å². The molecule has 2 aromatic rings. The van der Waals surface area contributed by atoms with Gasteiger partial charge in [-0.25, -0.2) is 4.68 Å². The van der Waals surface area contributed by atoms with Crippen molar-refractivity contribution in [3.8, 4) is 11.9 Å². The minimum atomic E-state index is -0.214. The molecule has 1 atom stereocenters. The normalized spacial score (nSPS) is 17.6. The number of aryl methyl sites for hydroxylation is 2. The fourth-order valence-electron chi connectivity index (χ4n) is 2.44. The highest BCUT2D eigenvalue weighted by molar-refractivity contribution is 9.11. The maximum absolute atomic E-state index is 9.42. The van der Waals surface area contributed by atoms with Crippen molar-refractivity contribution in [2.24, 2.45) is 12.8 Å². The van der Waals surface area contributed by atoms with Gasteiger partial charge in [-0.3, -0.25) is 0 Å². The highest BCUT2D eigenvalue weighted by Gasteiger charge is 2.35. The van der Waals surface area contributed by atoms with Crippen LogP contribution in [-0.4, -0.2) is 9.78 Å². The fraction of sp³-hybridized carbons (Fsp3) is 0.231. The van der Waals surface area contributed by atoms with E-state index in [1.807, 2.05) is 19.1 Å². The average Bonchev–Trinajstić information content (AvgIpc) is 2.93. The SMILES string of the molecule is Cc1nn(C)c2c1C(c1ccc(Br)s1)C(C#N)=C(N)O2. The summed E-state index contributed by atoms with van der Waals surface area (Å²) in [4.78, 5) is 1.04. The van der Waals surface area contributed by atoms with Crippen molar-refractivity contribution in [2.45, 2.75) is 12.8 Å². The molecule has 102 valence electrons. The summed E-state index contributed by atoms with van der Waals surface area (Å²) >= 11 is 5.04. The quantitative estimate of drug-likeness (QED) is 0.857. The second-order valence-corrected chi connectivity index (χ2v) is 6.99. The molecule has 2 aromatic heterocycles. The molecule has 20 heavy (non-hydrogen) atoms. The lowest BCUT2D eigenvalue weighted by atomic mass is 9.89. The van der Waals surface area contributed by atoms with E-state index in [1.165, 1.54) is 0 Å². The predicted octanol–water partition coefficient (Wildman–Crippen LogP) is 2.77. The van der Waals surface area contributed by atoms with Gasteiger partial charge in [0.25, 0.3) is 0 Å². The van der Waals surface area contributed by atoms with Crippen molar-refractivity contribution < 1.29 is 4.74 Å². The molecule has 0 saturated heterocycles. The van der Waals surface area contributed by atoms with E-state index in [4.69, 9.17) is 10.5 Å². The van der Waals surface area contributed by atoms with Crippen LogP contribution in [0.3, 0.4) is 0 Å². The molecule has 0 aromatic carbocycles. The Morgan fingerprint density at radius 2 is 2.30 bits per heavy atom. The van der Waals surface area contributed by atoms with Crippen LogP contribution >= 0.6 is 27.3 Å². The maximum atomic E-state index is 9.42. The third-order valence-corrected chi connectivity index (χ3v) is 4.95. The number of rotatable bonds is 1. The van der Waals surface area contributed by atoms with Gasteiger partial charge in [0, 0.05) is 11.9 Å². The van der Waals surface area contributed by atoms with Crippen molar-refractivity contribution in [1.29, 1.82) is 5.26 Å². The summed E-state index contributed by atoms with van der Waals surface area (Å²) in [5, 5.41) is 13.8. The lowest BCUT2D eigenvalue weighted by molar-refractivity contribution is 0.358. The van der Waals surface area contributed by atoms with Crippen LogP contribution in [0.2, 0.25) is 0 Å². The first kappa shape index (κ1) is 13.2. The Morgan fingerprint density at radius 1 is 1.55 bits per heavy atom. The number of thiophene rings is 1. The number of allylic oxidation sites excluding steroid dienone is 1. The molecule has 5 nitrogen and oxygen atoms in total. The van der Waals surface area contributed by atoms with Gasteiger partial charge in [0.1, 0.15) is 11.6 Å². The summed E-state index contributed by atoms with van der Waals surface area (Å²) in [6.07, 6.45) is 0. The van der Waals surface area contributed by atoms with Crippen LogP contribution in [-0.2, 0) is 7.05 Å². The Morgan fingerprint density at radius 3 is 2.90 bits per heavy atom. The van der Waals surface area contributed by atoms with E-state index in [2.05, 4.69) is 27.1 Å². The zero-order chi connectivity index (χ0) is 14.4. The molecule has 1 aliphatic heterocycles. The molecule has 0 amide bonds. The lowest BCUT2D eigenvalue weighted by Gasteiger charge is -2.23. The molecule has 3 rings (SSSR count). The van der Waals surface area contributed by atoms with Crippen LogP contribution in [0.15, 0.2) is 27.4 Å². The number of fused-ring (bicyclic) bond motifs is 1. The molecule has 1 unspecified atom stereocenters. The first-order chi connectivity index (χ1) is 9.52. The van der Waals surface area contributed by atoms with Gasteiger partial charge in [0.15, 0.2) is 0 Å². The molecule has 7 heteroatoms. The molecule has 0 spiro atoms. The standard InChI is InChI=1S/C13H11BrN4OS/c1-6-10-11(8-3-4-9(14)20-8)7(5-15)12(16)19-13(10)18(2)17-6/h3-4,11H,16H2,1-2H3. The number of nitriles is 1. The Bertz CT molecular complexity index is 768. The van der Waals surface area contributed by atoms with E-state index in [-0.39, 0.29) is 11.8 Å². The first-order valence-corrected chi connectivity index (χ1v) is 7.50. The summed E-state index contributed by atoms with van der Waals surface area (Å²) < 4.78 is 8.24. The molecule has 0 aliphatic carbocycles. The van der Waals surface area contributed by atoms with Crippen LogP contribution in [0.25, 0.3) is 0 Å². The number of nitrogens with zero attached hydrogens (tertiary/aromatic N) is 3. The highest BCUT2D eigenvalue weighted by Crippen LogP contribution is 2.45. The van der Waals surface area contributed by atoms with E-state index >= 15 is 0 Å². The van der Waals surface area contributed by atoms with Crippen molar-refractivity contribution in [3.05, 3.63) is 43.5 Å². The molecule has 0 fully saturated rings. The van der Waals surface area contributed by atoms with E-state index in [9.17, 15) is 5.26 Å². The first-order valence-electron chi connectivity index (χ1n) is 5.89. The zero-order valence-electron chi connectivity index (χ0n) is 10.8. The largest absolute Gasteiger partial charge is 0.422 e. The minimum Gasteiger partial charge on any atom is -0.422 e. The van der Waals surface area contributed by atoms with Crippen molar-refractivity contribution in [1.82, 2.24) is 9.78 Å². The van der Waals surface area contributed by atoms with Gasteiger partial charge in [-0.05, 0) is 35.0 Å². The Balaban J connectivity index is 2.27. The maximum Gasteiger partial charge on any atom is 0.224 e. The summed E-state index contributed by atoms with van der Waals surface area (Å²) in [5.74, 6) is 0.541. The summed E-state index contributed by atoms with van der Waals surface area (Å²) in [6, 6.07) is 6.13. The van der Waals surface area contributed by atoms with Gasteiger partial charge >= 0.3 is 0 Å². The smallest absolute Gasteiger partial charge is 0.224 e. The van der Waals surface area contributed by atoms with Crippen LogP contribution < -0.4 is 10.5 Å². The molecule has 0 bridgehead atoms. The number of ether oxygens (including phenoxy) is 1. The molecule has 0 radical (unpaired) electrons. The summed E-state index contributed by atoms with van der Waals surface area (Å²) in [7, 11) is 1.80. The molecule has 2 N–H and O–H groups in total. The Hall–Kier alpha value is -1.78. The average molecular weight is 351 g/mol. The molecular formula is C13H11BrN4OS. The molecule has 3 heterocycles. The molecule has 1 aliphatic rings. The second-order valence-electron chi connectivity index (χ2n) is 4.49. The topological polar surface area (TPSA) is 76.9 Å². The molecular weight excluding hydrogens is 340 g/mol. The summed E-state index contributed by atoms with van der Waals surface area (Å²) in [5.41, 5.74) is 8.09. The van der Waals surface area contributed by atoms with Crippen LogP contribution in [0.5, 0.6) is 5.88 Å². The number of aromatic nitrogens is 2. The number of halogens is 1. The Labute approximate surface area is 128 Å². The van der Waals surface area contributed by atoms with E-state index < -0.39 is 0 Å². The van der Waals surface area contributed by atoms with E-state index in [0.717, 1.165) is 19.9 Å². The summed E-state index contributed by atoms with van der Waals surface area (Å²) in [6.45, 7) is 1.91. The predicted molar refractivity (Wildman–Crippen MR) is 79.3 cm³/mol. The fourth-order valence-corrected chi connectivity index (χ4v) is 3.98. The van der Waals surface area contributed by atoms with Gasteiger partial charge in [0.2, 0.25) is 11.8 Å². The number of nitrogens with two attached hydrogens (primary N) is 1. The van der Waals surface area contributed by atoms with Gasteiger partial charge < -0.3 is 10.5 Å². The van der Waals surface area contributed by atoms with Crippen molar-refractivity contribution >= 4 is 27.3 Å². The van der Waals surface area contributed by atoms with Crippen molar-refractivity contribution in [2.75, 3.05) is 0 Å². The van der Waals surface area contributed by atoms with Gasteiger partial charge in [-0.1, -0.05) is 0 Å². The van der Waals surface area contributed by atoms with Crippen LogP contribution in [0.4, 0.5) is 0 Å². The minimum absolute atomic E-state index is 0.150. The lowest BCUT2D eigenvalue weighted by Crippen LogP contribution is -2.21. The monoisotopic (exact) mass is 350 g/mol. The van der Waals surface area contributed by atoms with Crippen LogP contribution in [0.1, 0.15) is 22.1 Å². The van der Waals surface area contributed by atoms with E-state index in [1.54, 1.807) is 23.1 Å². The Kier molecular flexibility index (Phi) is 3.07. The number of hydrogen-bond donors (Lipinski definition) is 1. The van der Waals surface area contributed by atoms with Crippen LogP contribution in [0, 0.1) is 18.3 Å². The van der Waals surface area contributed by atoms with Gasteiger partial charge in [-0.15, -0.1) is 11.3 Å². The number of hydrogen-bond acceptors (Lipinski definition) is 5. The molecule has 0 saturated carbocycles. The van der Waals surface area contributed by atoms with E-state index in [0.29, 0.717) is 11.5 Å². The third kappa shape index (κ3) is 1.84. The van der Waals surface area contributed by atoms with Gasteiger partial charge in [0.05, 0.1) is 21.0 Å². The third-order valence-electron chi connectivity index (χ3n) is 3.26. The second kappa shape index (κ2) is 4.65. The van der Waals surface area contributed by atoms with Gasteiger partial charge in [-0.2, -0.15) is 10.4 Å².